The van der Waals surface area contributed by atoms with Crippen molar-refractivity contribution in [3.63, 3.8) is 0 Å². The maximum absolute atomic E-state index is 10.8. The third-order valence-corrected chi connectivity index (χ3v) is 7.04. The van der Waals surface area contributed by atoms with E-state index in [0.29, 0.717) is 17.8 Å². The number of aliphatic hydroxyl groups is 2. The minimum absolute atomic E-state index is 0.180. The van der Waals surface area contributed by atoms with Gasteiger partial charge in [-0.15, -0.1) is 0 Å². The second-order valence-corrected chi connectivity index (χ2v) is 8.42. The molecule has 0 aromatic carbocycles. The predicted octanol–water partition coefficient (Wildman–Crippen LogP) is 4.23. The molecular weight excluding hydrogens is 272 g/mol. The van der Waals surface area contributed by atoms with Crippen molar-refractivity contribution in [3.8, 4) is 0 Å². The van der Waals surface area contributed by atoms with Crippen LogP contribution in [-0.4, -0.2) is 22.4 Å². The van der Waals surface area contributed by atoms with Gasteiger partial charge in [0.1, 0.15) is 6.10 Å². The molecule has 2 N–H and O–H groups in total. The molecule has 1 saturated carbocycles. The van der Waals surface area contributed by atoms with Crippen molar-refractivity contribution in [3.05, 3.63) is 23.3 Å². The van der Waals surface area contributed by atoms with Gasteiger partial charge in [0.15, 0.2) is 0 Å². The molecule has 2 nitrogen and oxygen atoms in total. The van der Waals surface area contributed by atoms with Gasteiger partial charge >= 0.3 is 0 Å². The number of allylic oxidation sites excluding steroid dienone is 2. The highest BCUT2D eigenvalue weighted by Gasteiger charge is 2.56. The average Bonchev–Trinajstić information content (AvgIpc) is 2.83. The monoisotopic (exact) mass is 304 g/mol. The van der Waals surface area contributed by atoms with E-state index in [4.69, 9.17) is 0 Å². The minimum atomic E-state index is -0.666. The van der Waals surface area contributed by atoms with Crippen molar-refractivity contribution in [2.24, 2.45) is 23.2 Å². The summed E-state index contributed by atoms with van der Waals surface area (Å²) in [5.74, 6) is 1.56. The van der Waals surface area contributed by atoms with Crippen molar-refractivity contribution >= 4 is 0 Å². The van der Waals surface area contributed by atoms with Crippen LogP contribution in [0.25, 0.3) is 0 Å². The molecule has 0 saturated heterocycles. The summed E-state index contributed by atoms with van der Waals surface area (Å²) in [6.07, 6.45) is 6.51. The molecule has 3 aliphatic carbocycles. The fraction of sp³-hybridized carbons (Fsp3) is 0.800. The first-order valence-electron chi connectivity index (χ1n) is 9.09. The Morgan fingerprint density at radius 3 is 2.59 bits per heavy atom. The molecule has 124 valence electrons. The SMILES string of the molecule is C=C1CCCC(C)CCC2=C(C)[C@@H]3[C@H]1CC[C@]3(C)[C@@H](O)[C@@H]2O. The van der Waals surface area contributed by atoms with Crippen LogP contribution >= 0.6 is 0 Å². The fourth-order valence-electron chi connectivity index (χ4n) is 5.55. The maximum Gasteiger partial charge on any atom is 0.102 e. The average molecular weight is 304 g/mol. The standard InChI is InChI=1S/C20H32O2/c1-12-6-5-7-13(2)15-10-11-20(4)17(15)14(3)16(9-8-12)18(21)19(20)22/h12,15,17-19,21-22H,2,5-11H2,1,3-4H3/t12?,15-,17+,18+,19-,20-/m0/s1. The van der Waals surface area contributed by atoms with Crippen molar-refractivity contribution in [1.29, 1.82) is 0 Å². The number of aliphatic hydroxyl groups excluding tert-OH is 2. The second kappa shape index (κ2) is 5.79. The van der Waals surface area contributed by atoms with Gasteiger partial charge in [-0.05, 0) is 68.8 Å². The zero-order chi connectivity index (χ0) is 16.1. The Morgan fingerprint density at radius 2 is 1.86 bits per heavy atom. The molecule has 0 aliphatic heterocycles. The molecule has 0 aromatic heterocycles. The molecular formula is C20H32O2. The molecule has 6 atom stereocenters. The third-order valence-electron chi connectivity index (χ3n) is 7.04. The second-order valence-electron chi connectivity index (χ2n) is 8.42. The number of hydrogen-bond acceptors (Lipinski definition) is 2. The highest BCUT2D eigenvalue weighted by Crippen LogP contribution is 2.59. The summed E-state index contributed by atoms with van der Waals surface area (Å²) in [5.41, 5.74) is 3.69. The van der Waals surface area contributed by atoms with E-state index in [1.165, 1.54) is 24.0 Å². The topological polar surface area (TPSA) is 40.5 Å². The molecule has 0 radical (unpaired) electrons. The summed E-state index contributed by atoms with van der Waals surface area (Å²) in [4.78, 5) is 0. The fourth-order valence-corrected chi connectivity index (χ4v) is 5.55. The summed E-state index contributed by atoms with van der Waals surface area (Å²) < 4.78 is 0. The van der Waals surface area contributed by atoms with Crippen LogP contribution in [-0.2, 0) is 0 Å². The van der Waals surface area contributed by atoms with Gasteiger partial charge in [-0.25, -0.2) is 0 Å². The zero-order valence-electron chi connectivity index (χ0n) is 14.4. The molecule has 3 rings (SSSR count). The van der Waals surface area contributed by atoms with E-state index in [9.17, 15) is 10.2 Å². The predicted molar refractivity (Wildman–Crippen MR) is 90.4 cm³/mol. The van der Waals surface area contributed by atoms with Gasteiger partial charge in [-0.1, -0.05) is 38.0 Å². The van der Waals surface area contributed by atoms with Crippen molar-refractivity contribution in [2.45, 2.75) is 77.9 Å². The smallest absolute Gasteiger partial charge is 0.102 e. The summed E-state index contributed by atoms with van der Waals surface area (Å²) in [6.45, 7) is 11.1. The Hall–Kier alpha value is -0.600. The Labute approximate surface area is 135 Å². The van der Waals surface area contributed by atoms with Gasteiger partial charge in [-0.3, -0.25) is 0 Å². The summed E-state index contributed by atoms with van der Waals surface area (Å²) in [7, 11) is 0. The number of rotatable bonds is 0. The lowest BCUT2D eigenvalue weighted by molar-refractivity contribution is -0.0700. The van der Waals surface area contributed by atoms with Crippen LogP contribution in [0, 0.1) is 23.2 Å². The quantitative estimate of drug-likeness (QED) is 0.658. The third kappa shape index (κ3) is 2.39. The molecule has 0 heterocycles. The maximum atomic E-state index is 10.8. The van der Waals surface area contributed by atoms with Gasteiger partial charge in [0.05, 0.1) is 6.10 Å². The zero-order valence-corrected chi connectivity index (χ0v) is 14.4. The van der Waals surface area contributed by atoms with E-state index in [1.54, 1.807) is 0 Å². The van der Waals surface area contributed by atoms with Gasteiger partial charge in [0.2, 0.25) is 0 Å². The lowest BCUT2D eigenvalue weighted by atomic mass is 9.61. The Kier molecular flexibility index (Phi) is 4.28. The molecule has 1 unspecified atom stereocenters. The van der Waals surface area contributed by atoms with E-state index in [2.05, 4.69) is 27.4 Å². The van der Waals surface area contributed by atoms with Crippen molar-refractivity contribution in [1.82, 2.24) is 0 Å². The van der Waals surface area contributed by atoms with Crippen molar-refractivity contribution in [2.75, 3.05) is 0 Å². The molecule has 3 aliphatic rings. The first-order valence-corrected chi connectivity index (χ1v) is 9.09. The van der Waals surface area contributed by atoms with Gasteiger partial charge in [-0.2, -0.15) is 0 Å². The Morgan fingerprint density at radius 1 is 1.14 bits per heavy atom. The lowest BCUT2D eigenvalue weighted by Crippen LogP contribution is -2.50. The largest absolute Gasteiger partial charge is 0.389 e. The summed E-state index contributed by atoms with van der Waals surface area (Å²) in [6, 6.07) is 0. The van der Waals surface area contributed by atoms with Crippen LogP contribution in [0.1, 0.15) is 65.7 Å². The van der Waals surface area contributed by atoms with Crippen LogP contribution in [0.2, 0.25) is 0 Å². The molecule has 0 aromatic rings. The molecule has 0 spiro atoms. The van der Waals surface area contributed by atoms with Crippen LogP contribution < -0.4 is 0 Å². The van der Waals surface area contributed by atoms with Crippen molar-refractivity contribution < 1.29 is 10.2 Å². The molecule has 2 heteroatoms. The van der Waals surface area contributed by atoms with Crippen LogP contribution in [0.3, 0.4) is 0 Å². The van der Waals surface area contributed by atoms with Crippen LogP contribution in [0.5, 0.6) is 0 Å². The molecule has 1 fully saturated rings. The van der Waals surface area contributed by atoms with E-state index in [-0.39, 0.29) is 5.41 Å². The van der Waals surface area contributed by atoms with Gasteiger partial charge < -0.3 is 10.2 Å². The number of hydrogen-bond donors (Lipinski definition) is 2. The Balaban J connectivity index is 2.05. The van der Waals surface area contributed by atoms with E-state index in [0.717, 1.165) is 37.7 Å². The molecule has 2 bridgehead atoms. The minimum Gasteiger partial charge on any atom is -0.389 e. The van der Waals surface area contributed by atoms with Gasteiger partial charge in [0.25, 0.3) is 0 Å². The highest BCUT2D eigenvalue weighted by molar-refractivity contribution is 5.33. The Bertz CT molecular complexity index is 492. The highest BCUT2D eigenvalue weighted by atomic mass is 16.3. The van der Waals surface area contributed by atoms with Crippen LogP contribution in [0.4, 0.5) is 0 Å². The molecule has 0 amide bonds. The first-order chi connectivity index (χ1) is 10.4. The van der Waals surface area contributed by atoms with Gasteiger partial charge in [0, 0.05) is 5.41 Å². The van der Waals surface area contributed by atoms with E-state index >= 15 is 0 Å². The van der Waals surface area contributed by atoms with E-state index < -0.39 is 12.2 Å². The molecule has 22 heavy (non-hydrogen) atoms. The van der Waals surface area contributed by atoms with E-state index in [1.807, 2.05) is 0 Å². The van der Waals surface area contributed by atoms with Crippen LogP contribution in [0.15, 0.2) is 23.3 Å². The lowest BCUT2D eigenvalue weighted by Gasteiger charge is -2.47. The first kappa shape index (κ1) is 16.3. The normalized spacial score (nSPS) is 46.6. The summed E-state index contributed by atoms with van der Waals surface area (Å²) >= 11 is 0. The summed E-state index contributed by atoms with van der Waals surface area (Å²) in [5, 5.41) is 21.6.